The molecule has 0 aliphatic heterocycles. The van der Waals surface area contributed by atoms with Gasteiger partial charge in [0.05, 0.1) is 11.1 Å². The molecule has 5 heteroatoms. The zero-order chi connectivity index (χ0) is 19.9. The molecule has 0 saturated heterocycles. The molecule has 0 saturated carbocycles. The Labute approximate surface area is 163 Å². The van der Waals surface area contributed by atoms with Gasteiger partial charge in [-0.25, -0.2) is 4.79 Å². The minimum atomic E-state index is -0.438. The van der Waals surface area contributed by atoms with E-state index in [1.807, 2.05) is 49.4 Å². The fourth-order valence-corrected chi connectivity index (χ4v) is 2.63. The molecule has 0 heterocycles. The van der Waals surface area contributed by atoms with E-state index in [0.29, 0.717) is 11.3 Å². The third kappa shape index (κ3) is 4.17. The summed E-state index contributed by atoms with van der Waals surface area (Å²) in [7, 11) is 0. The lowest BCUT2D eigenvalue weighted by molar-refractivity contribution is 0.0338. The number of nitrogens with zero attached hydrogens (tertiary/aromatic N) is 2. The van der Waals surface area contributed by atoms with Crippen molar-refractivity contribution in [2.75, 3.05) is 0 Å². The Morgan fingerprint density at radius 1 is 0.893 bits per heavy atom. The van der Waals surface area contributed by atoms with E-state index in [1.54, 1.807) is 42.5 Å². The lowest BCUT2D eigenvalue weighted by Crippen LogP contribution is -2.09. The first-order chi connectivity index (χ1) is 13.6. The van der Waals surface area contributed by atoms with E-state index in [9.17, 15) is 10.1 Å². The van der Waals surface area contributed by atoms with Gasteiger partial charge in [0, 0.05) is 0 Å². The quantitative estimate of drug-likeness (QED) is 0.582. The molecule has 0 aliphatic rings. The van der Waals surface area contributed by atoms with Gasteiger partial charge in [0.2, 0.25) is 0 Å². The van der Waals surface area contributed by atoms with Crippen LogP contribution in [0.1, 0.15) is 40.1 Å². The first-order valence-electron chi connectivity index (χ1n) is 8.59. The monoisotopic (exact) mass is 368 g/mol. The number of hydrogen-bond donors (Lipinski definition) is 0. The van der Waals surface area contributed by atoms with Crippen LogP contribution in [0.15, 0.2) is 72.8 Å². The van der Waals surface area contributed by atoms with Gasteiger partial charge in [-0.15, -0.1) is 0 Å². The van der Waals surface area contributed by atoms with Gasteiger partial charge in [0.15, 0.2) is 0 Å². The molecule has 3 aromatic rings. The van der Waals surface area contributed by atoms with Gasteiger partial charge in [-0.3, -0.25) is 0 Å². The highest BCUT2D eigenvalue weighted by molar-refractivity contribution is 5.89. The van der Waals surface area contributed by atoms with E-state index in [1.165, 1.54) is 0 Å². The number of rotatable bonds is 5. The predicted octanol–water partition coefficient (Wildman–Crippen LogP) is 5.14. The Balaban J connectivity index is 1.71. The second-order valence-electron chi connectivity index (χ2n) is 5.99. The molecule has 0 fully saturated rings. The molecule has 1 atom stereocenters. The lowest BCUT2D eigenvalue weighted by atomic mass is 10.1. The normalized spacial score (nSPS) is 11.0. The molecule has 0 aliphatic carbocycles. The molecular weight excluding hydrogens is 352 g/mol. The van der Waals surface area contributed by atoms with E-state index in [-0.39, 0.29) is 23.0 Å². The van der Waals surface area contributed by atoms with Crippen LogP contribution in [-0.4, -0.2) is 5.97 Å². The maximum Gasteiger partial charge on any atom is 0.338 e. The first-order valence-corrected chi connectivity index (χ1v) is 8.59. The summed E-state index contributed by atoms with van der Waals surface area (Å²) in [6.45, 7) is 1.82. The summed E-state index contributed by atoms with van der Waals surface area (Å²) in [5, 5.41) is 18.3. The maximum absolute atomic E-state index is 12.3. The standard InChI is InChI=1S/C23H16N2O3/c1-16(17-6-3-2-4-7-17)27-23(26)18-10-12-20(13-11-18)28-22-9-5-8-19(14-24)21(22)15-25/h2-13,16H,1H3. The largest absolute Gasteiger partial charge is 0.456 e. The third-order valence-corrected chi connectivity index (χ3v) is 4.13. The average Bonchev–Trinajstić information content (AvgIpc) is 2.74. The second kappa shape index (κ2) is 8.53. The van der Waals surface area contributed by atoms with Gasteiger partial charge in [-0.1, -0.05) is 36.4 Å². The van der Waals surface area contributed by atoms with Gasteiger partial charge >= 0.3 is 5.97 Å². The molecule has 5 nitrogen and oxygen atoms in total. The Morgan fingerprint density at radius 3 is 2.25 bits per heavy atom. The molecule has 0 bridgehead atoms. The van der Waals surface area contributed by atoms with Crippen LogP contribution in [0, 0.1) is 22.7 Å². The minimum absolute atomic E-state index is 0.171. The van der Waals surface area contributed by atoms with Crippen LogP contribution in [0.4, 0.5) is 0 Å². The van der Waals surface area contributed by atoms with Crippen molar-refractivity contribution in [2.24, 2.45) is 0 Å². The van der Waals surface area contributed by atoms with Crippen LogP contribution in [0.5, 0.6) is 11.5 Å². The number of benzene rings is 3. The van der Waals surface area contributed by atoms with Crippen molar-refractivity contribution in [3.8, 4) is 23.6 Å². The Bertz CT molecular complexity index is 1060. The van der Waals surface area contributed by atoms with Crippen LogP contribution in [-0.2, 0) is 4.74 Å². The second-order valence-corrected chi connectivity index (χ2v) is 5.99. The van der Waals surface area contributed by atoms with Gasteiger partial charge in [0.25, 0.3) is 0 Å². The fourth-order valence-electron chi connectivity index (χ4n) is 2.63. The van der Waals surface area contributed by atoms with Crippen molar-refractivity contribution in [2.45, 2.75) is 13.0 Å². The lowest BCUT2D eigenvalue weighted by Gasteiger charge is -2.14. The molecule has 136 valence electrons. The highest BCUT2D eigenvalue weighted by Gasteiger charge is 2.14. The van der Waals surface area contributed by atoms with Crippen LogP contribution in [0.3, 0.4) is 0 Å². The van der Waals surface area contributed by atoms with Gasteiger partial charge in [-0.2, -0.15) is 10.5 Å². The molecule has 0 amide bonds. The molecular formula is C23H16N2O3. The fraction of sp³-hybridized carbons (Fsp3) is 0.0870. The predicted molar refractivity (Wildman–Crippen MR) is 103 cm³/mol. The minimum Gasteiger partial charge on any atom is -0.456 e. The molecule has 3 rings (SSSR count). The molecule has 0 radical (unpaired) electrons. The zero-order valence-corrected chi connectivity index (χ0v) is 15.1. The third-order valence-electron chi connectivity index (χ3n) is 4.13. The number of ether oxygens (including phenoxy) is 2. The Hall–Kier alpha value is -4.09. The highest BCUT2D eigenvalue weighted by atomic mass is 16.5. The SMILES string of the molecule is CC(OC(=O)c1ccc(Oc2cccc(C#N)c2C#N)cc1)c1ccccc1. The van der Waals surface area contributed by atoms with E-state index < -0.39 is 5.97 Å². The van der Waals surface area contributed by atoms with Gasteiger partial charge in [-0.05, 0) is 48.9 Å². The number of nitriles is 2. The summed E-state index contributed by atoms with van der Waals surface area (Å²) in [6, 6.07) is 24.7. The highest BCUT2D eigenvalue weighted by Crippen LogP contribution is 2.27. The van der Waals surface area contributed by atoms with Crippen LogP contribution in [0.2, 0.25) is 0 Å². The van der Waals surface area contributed by atoms with Gasteiger partial charge < -0.3 is 9.47 Å². The summed E-state index contributed by atoms with van der Waals surface area (Å²) >= 11 is 0. The molecule has 0 spiro atoms. The number of carbonyl (C=O) groups is 1. The zero-order valence-electron chi connectivity index (χ0n) is 15.1. The first kappa shape index (κ1) is 18.7. The van der Waals surface area contributed by atoms with Crippen LogP contribution in [0.25, 0.3) is 0 Å². The van der Waals surface area contributed by atoms with Crippen molar-refractivity contribution >= 4 is 5.97 Å². The number of hydrogen-bond acceptors (Lipinski definition) is 5. The summed E-state index contributed by atoms with van der Waals surface area (Å²) in [4.78, 5) is 12.3. The smallest absolute Gasteiger partial charge is 0.338 e. The van der Waals surface area contributed by atoms with E-state index in [4.69, 9.17) is 14.7 Å². The summed E-state index contributed by atoms with van der Waals surface area (Å²) < 4.78 is 11.2. The molecule has 1 unspecified atom stereocenters. The number of carbonyl (C=O) groups excluding carboxylic acids is 1. The van der Waals surface area contributed by atoms with Crippen LogP contribution >= 0.6 is 0 Å². The Kier molecular flexibility index (Phi) is 5.69. The van der Waals surface area contributed by atoms with Crippen molar-refractivity contribution in [1.82, 2.24) is 0 Å². The molecule has 28 heavy (non-hydrogen) atoms. The van der Waals surface area contributed by atoms with E-state index in [2.05, 4.69) is 0 Å². The van der Waals surface area contributed by atoms with Crippen molar-refractivity contribution < 1.29 is 14.3 Å². The van der Waals surface area contributed by atoms with E-state index >= 15 is 0 Å². The Morgan fingerprint density at radius 2 is 1.61 bits per heavy atom. The van der Waals surface area contributed by atoms with Crippen LogP contribution < -0.4 is 4.74 Å². The van der Waals surface area contributed by atoms with Crippen molar-refractivity contribution in [3.05, 3.63) is 95.1 Å². The molecule has 0 N–H and O–H groups in total. The molecule has 3 aromatic carbocycles. The van der Waals surface area contributed by atoms with Gasteiger partial charge in [0.1, 0.15) is 35.3 Å². The van der Waals surface area contributed by atoms with Crippen molar-refractivity contribution in [3.63, 3.8) is 0 Å². The maximum atomic E-state index is 12.3. The number of esters is 1. The van der Waals surface area contributed by atoms with E-state index in [0.717, 1.165) is 5.56 Å². The topological polar surface area (TPSA) is 83.1 Å². The average molecular weight is 368 g/mol. The summed E-state index contributed by atoms with van der Waals surface area (Å²) in [6.07, 6.45) is -0.364. The summed E-state index contributed by atoms with van der Waals surface area (Å²) in [5.41, 5.74) is 1.72. The van der Waals surface area contributed by atoms with Crippen molar-refractivity contribution in [1.29, 1.82) is 10.5 Å². The summed E-state index contributed by atoms with van der Waals surface area (Å²) in [5.74, 6) is 0.293. The molecule has 0 aromatic heterocycles.